The second-order valence-corrected chi connectivity index (χ2v) is 2.33. The fourth-order valence-electron chi connectivity index (χ4n) is 0.177. The van der Waals surface area contributed by atoms with E-state index in [1.54, 1.807) is 24.7 Å². The Hall–Kier alpha value is 2.32. The van der Waals surface area contributed by atoms with Gasteiger partial charge >= 0.3 is 48.6 Å². The molecule has 53 valence electrons. The fourth-order valence-corrected chi connectivity index (χ4v) is 1.05. The maximum atomic E-state index is 2.23. The van der Waals surface area contributed by atoms with Crippen LogP contribution in [0.3, 0.4) is 0 Å². The van der Waals surface area contributed by atoms with Gasteiger partial charge in [0.25, 0.3) is 0 Å². The van der Waals surface area contributed by atoms with Crippen molar-refractivity contribution < 1.29 is 24.7 Å². The van der Waals surface area contributed by atoms with Crippen LogP contribution in [0.2, 0.25) is 4.13 Å². The SMILES string of the molecule is Br.Br.Br.CCC[CH2][Zr]. The van der Waals surface area contributed by atoms with E-state index in [4.69, 9.17) is 0 Å². The third-order valence-corrected chi connectivity index (χ3v) is 1.40. The van der Waals surface area contributed by atoms with Gasteiger partial charge in [-0.1, -0.05) is 0 Å². The van der Waals surface area contributed by atoms with Gasteiger partial charge in [0.15, 0.2) is 0 Å². The molecule has 0 aliphatic heterocycles. The quantitative estimate of drug-likeness (QED) is 0.677. The van der Waals surface area contributed by atoms with Crippen LogP contribution < -0.4 is 0 Å². The van der Waals surface area contributed by atoms with E-state index >= 15 is 0 Å². The van der Waals surface area contributed by atoms with Crippen LogP contribution in [0.1, 0.15) is 19.8 Å². The van der Waals surface area contributed by atoms with Gasteiger partial charge in [-0.05, 0) is 0 Å². The summed E-state index contributed by atoms with van der Waals surface area (Å²) in [5.41, 5.74) is 0. The first kappa shape index (κ1) is 22.4. The van der Waals surface area contributed by atoms with Crippen molar-refractivity contribution in [3.05, 3.63) is 0 Å². The zero-order chi connectivity index (χ0) is 4.12. The Kier molecular flexibility index (Phi) is 63.9. The normalized spacial score (nSPS) is 5.00. The van der Waals surface area contributed by atoms with Crippen molar-refractivity contribution >= 4 is 50.9 Å². The molecule has 0 atom stereocenters. The van der Waals surface area contributed by atoms with Crippen molar-refractivity contribution in [2.24, 2.45) is 0 Å². The molecule has 0 aromatic heterocycles. The molecule has 0 N–H and O–H groups in total. The molecule has 0 saturated carbocycles. The van der Waals surface area contributed by atoms with Crippen LogP contribution in [0.15, 0.2) is 0 Å². The Morgan fingerprint density at radius 2 is 1.50 bits per heavy atom. The second-order valence-electron chi connectivity index (χ2n) is 1.10. The third-order valence-electron chi connectivity index (χ3n) is 0.530. The number of rotatable bonds is 2. The van der Waals surface area contributed by atoms with E-state index in [9.17, 15) is 0 Å². The molecule has 0 fully saturated rings. The summed E-state index contributed by atoms with van der Waals surface area (Å²) < 4.78 is 1.43. The van der Waals surface area contributed by atoms with Crippen LogP contribution in [0.4, 0.5) is 0 Å². The van der Waals surface area contributed by atoms with Gasteiger partial charge in [0.05, 0.1) is 0 Å². The summed E-state index contributed by atoms with van der Waals surface area (Å²) in [5, 5.41) is 0. The zero-order valence-corrected chi connectivity index (χ0v) is 12.4. The van der Waals surface area contributed by atoms with Crippen LogP contribution in [-0.2, 0) is 24.7 Å². The molecular formula is C4H12Br3Zr. The standard InChI is InChI=1S/C4H9.3BrH.Zr/c1-3-4-2;;;;/h1,3-4H2,2H3;3*1H;. The first-order chi connectivity index (χ1) is 2.41. The van der Waals surface area contributed by atoms with Crippen molar-refractivity contribution in [3.8, 4) is 0 Å². The van der Waals surface area contributed by atoms with Crippen molar-refractivity contribution in [2.45, 2.75) is 23.9 Å². The number of hydrogen-bond acceptors (Lipinski definition) is 0. The van der Waals surface area contributed by atoms with E-state index in [0.29, 0.717) is 0 Å². The third kappa shape index (κ3) is 23.9. The Morgan fingerprint density at radius 3 is 1.50 bits per heavy atom. The van der Waals surface area contributed by atoms with E-state index in [2.05, 4.69) is 6.92 Å². The average molecular weight is 391 g/mol. The molecule has 0 aromatic rings. The van der Waals surface area contributed by atoms with Crippen molar-refractivity contribution in [3.63, 3.8) is 0 Å². The Bertz CT molecular complexity index is 18.8. The summed E-state index contributed by atoms with van der Waals surface area (Å²) in [6.45, 7) is 2.23. The van der Waals surface area contributed by atoms with Gasteiger partial charge in [-0.15, -0.1) is 50.9 Å². The predicted molar refractivity (Wildman–Crippen MR) is 50.7 cm³/mol. The topological polar surface area (TPSA) is 0 Å². The molecule has 0 heterocycles. The first-order valence-corrected chi connectivity index (χ1v) is 3.80. The zero-order valence-electron chi connectivity index (χ0n) is 4.85. The second kappa shape index (κ2) is 22.8. The summed E-state index contributed by atoms with van der Waals surface area (Å²) in [4.78, 5) is 0. The van der Waals surface area contributed by atoms with Crippen LogP contribution in [0.5, 0.6) is 0 Å². The molecule has 0 aromatic carbocycles. The minimum absolute atomic E-state index is 0. The summed E-state index contributed by atoms with van der Waals surface area (Å²) in [7, 11) is 0. The van der Waals surface area contributed by atoms with Crippen LogP contribution in [0.25, 0.3) is 0 Å². The number of halogens is 3. The van der Waals surface area contributed by atoms with Gasteiger partial charge in [0.1, 0.15) is 0 Å². The predicted octanol–water partition coefficient (Wildman–Crippen LogP) is 3.49. The molecular weight excluding hydrogens is 379 g/mol. The molecule has 0 saturated heterocycles. The summed E-state index contributed by atoms with van der Waals surface area (Å²) >= 11 is 1.68. The molecule has 0 bridgehead atoms. The van der Waals surface area contributed by atoms with E-state index in [0.717, 1.165) is 0 Å². The first-order valence-electron chi connectivity index (χ1n) is 2.06. The van der Waals surface area contributed by atoms with Gasteiger partial charge in [-0.2, -0.15) is 0 Å². The molecule has 4 heteroatoms. The van der Waals surface area contributed by atoms with Gasteiger partial charge in [0.2, 0.25) is 0 Å². The number of unbranched alkanes of at least 4 members (excludes halogenated alkanes) is 1. The maximum absolute atomic E-state index is 2.23. The average Bonchev–Trinajstić information content (AvgIpc) is 1.41. The molecule has 0 radical (unpaired) electrons. The number of hydrogen-bond donors (Lipinski definition) is 0. The van der Waals surface area contributed by atoms with Gasteiger partial charge in [-0.3, -0.25) is 0 Å². The Morgan fingerprint density at radius 1 is 1.12 bits per heavy atom. The van der Waals surface area contributed by atoms with Gasteiger partial charge in [0, 0.05) is 0 Å². The van der Waals surface area contributed by atoms with Crippen molar-refractivity contribution in [1.29, 1.82) is 0 Å². The molecule has 0 unspecified atom stereocenters. The van der Waals surface area contributed by atoms with Crippen LogP contribution in [0, 0.1) is 0 Å². The molecule has 0 aliphatic carbocycles. The molecule has 0 nitrogen and oxygen atoms in total. The summed E-state index contributed by atoms with van der Waals surface area (Å²) in [5.74, 6) is 0. The van der Waals surface area contributed by atoms with E-state index in [1.165, 1.54) is 17.0 Å². The van der Waals surface area contributed by atoms with E-state index in [-0.39, 0.29) is 50.9 Å². The van der Waals surface area contributed by atoms with Crippen molar-refractivity contribution in [2.75, 3.05) is 0 Å². The Labute approximate surface area is 98.3 Å². The van der Waals surface area contributed by atoms with Crippen LogP contribution >= 0.6 is 50.9 Å². The monoisotopic (exact) mass is 387 g/mol. The van der Waals surface area contributed by atoms with Crippen LogP contribution in [-0.4, -0.2) is 0 Å². The van der Waals surface area contributed by atoms with E-state index < -0.39 is 0 Å². The fraction of sp³-hybridized carbons (Fsp3) is 1.00. The molecule has 8 heavy (non-hydrogen) atoms. The summed E-state index contributed by atoms with van der Waals surface area (Å²) in [6.07, 6.45) is 2.80. The van der Waals surface area contributed by atoms with Crippen molar-refractivity contribution in [1.82, 2.24) is 0 Å². The molecule has 0 spiro atoms. The van der Waals surface area contributed by atoms with Gasteiger partial charge < -0.3 is 0 Å². The minimum atomic E-state index is 0. The Balaban J connectivity index is -0.0000000267. The molecule has 0 amide bonds. The molecule has 0 rings (SSSR count). The van der Waals surface area contributed by atoms with Gasteiger partial charge in [-0.25, -0.2) is 0 Å². The molecule has 0 aliphatic rings. The summed E-state index contributed by atoms with van der Waals surface area (Å²) in [6, 6.07) is 0. The van der Waals surface area contributed by atoms with E-state index in [1.807, 2.05) is 0 Å².